The normalized spacial score (nSPS) is 38.0. The molecule has 3 atom stereocenters. The number of rotatable bonds is 4. The van der Waals surface area contributed by atoms with Gasteiger partial charge >= 0.3 is 0 Å². The summed E-state index contributed by atoms with van der Waals surface area (Å²) in [6, 6.07) is 3.62. The molecule has 19 heavy (non-hydrogen) atoms. The zero-order valence-electron chi connectivity index (χ0n) is 11.6. The Balaban J connectivity index is 1.53. The largest absolute Gasteiger partial charge is 0.392 e. The van der Waals surface area contributed by atoms with Crippen LogP contribution in [0.2, 0.25) is 0 Å². The van der Waals surface area contributed by atoms with Gasteiger partial charge in [-0.3, -0.25) is 4.90 Å². The van der Waals surface area contributed by atoms with E-state index in [4.69, 9.17) is 0 Å². The molecule has 4 nitrogen and oxygen atoms in total. The molecule has 0 radical (unpaired) electrons. The number of aliphatic hydroxyl groups excluding tert-OH is 1. The molecule has 3 aliphatic rings. The van der Waals surface area contributed by atoms with Gasteiger partial charge in [0.15, 0.2) is 0 Å². The van der Waals surface area contributed by atoms with Crippen LogP contribution >= 0.6 is 0 Å². The first-order chi connectivity index (χ1) is 9.22. The highest BCUT2D eigenvalue weighted by Gasteiger charge is 2.40. The van der Waals surface area contributed by atoms with Crippen LogP contribution in [-0.4, -0.2) is 47.8 Å². The molecule has 0 aromatic carbocycles. The predicted molar refractivity (Wildman–Crippen MR) is 73.5 cm³/mol. The van der Waals surface area contributed by atoms with Gasteiger partial charge in [-0.2, -0.15) is 5.26 Å². The minimum Gasteiger partial charge on any atom is -0.392 e. The predicted octanol–water partition coefficient (Wildman–Crippen LogP) is 1.26. The van der Waals surface area contributed by atoms with E-state index in [9.17, 15) is 10.4 Å². The molecule has 4 heteroatoms. The number of nitrogens with one attached hydrogen (secondary N) is 1. The highest BCUT2D eigenvalue weighted by atomic mass is 16.3. The van der Waals surface area contributed by atoms with Crippen LogP contribution in [0, 0.1) is 16.7 Å². The first-order valence-electron chi connectivity index (χ1n) is 7.79. The molecule has 0 amide bonds. The maximum atomic E-state index is 9.69. The average molecular weight is 263 g/mol. The van der Waals surface area contributed by atoms with Gasteiger partial charge in [-0.05, 0) is 32.1 Å². The smallest absolute Gasteiger partial charge is 0.0703 e. The Morgan fingerprint density at radius 1 is 1.26 bits per heavy atom. The minimum atomic E-state index is -0.127. The van der Waals surface area contributed by atoms with Crippen LogP contribution in [0.4, 0.5) is 0 Å². The van der Waals surface area contributed by atoms with Gasteiger partial charge in [0.1, 0.15) is 0 Å². The van der Waals surface area contributed by atoms with E-state index in [1.807, 2.05) is 0 Å². The van der Waals surface area contributed by atoms with Crippen LogP contribution < -0.4 is 5.32 Å². The van der Waals surface area contributed by atoms with Gasteiger partial charge in [0, 0.05) is 31.7 Å². The van der Waals surface area contributed by atoms with Crippen molar-refractivity contribution >= 4 is 0 Å². The van der Waals surface area contributed by atoms with Gasteiger partial charge in [0.05, 0.1) is 17.6 Å². The quantitative estimate of drug-likeness (QED) is 0.801. The zero-order valence-corrected chi connectivity index (χ0v) is 11.6. The van der Waals surface area contributed by atoms with Crippen LogP contribution in [0.5, 0.6) is 0 Å². The van der Waals surface area contributed by atoms with Crippen molar-refractivity contribution in [3.63, 3.8) is 0 Å². The zero-order chi connectivity index (χ0) is 13.3. The van der Waals surface area contributed by atoms with Gasteiger partial charge in [0.2, 0.25) is 0 Å². The Morgan fingerprint density at radius 3 is 2.68 bits per heavy atom. The van der Waals surface area contributed by atoms with Crippen LogP contribution in [0.3, 0.4) is 0 Å². The van der Waals surface area contributed by atoms with E-state index in [1.54, 1.807) is 0 Å². The molecule has 1 unspecified atom stereocenters. The minimum absolute atomic E-state index is 0.0718. The van der Waals surface area contributed by atoms with Gasteiger partial charge in [-0.15, -0.1) is 0 Å². The molecular formula is C15H25N3O. The molecule has 1 heterocycles. The van der Waals surface area contributed by atoms with Crippen molar-refractivity contribution < 1.29 is 5.11 Å². The summed E-state index contributed by atoms with van der Waals surface area (Å²) >= 11 is 0. The molecule has 0 bridgehead atoms. The second kappa shape index (κ2) is 5.40. The summed E-state index contributed by atoms with van der Waals surface area (Å²) in [5.41, 5.74) is -0.0718. The summed E-state index contributed by atoms with van der Waals surface area (Å²) in [5, 5.41) is 22.6. The molecule has 2 aliphatic carbocycles. The Hall–Kier alpha value is -0.630. The number of hydrogen-bond donors (Lipinski definition) is 2. The third-order valence-corrected chi connectivity index (χ3v) is 5.39. The lowest BCUT2D eigenvalue weighted by Gasteiger charge is -2.38. The molecule has 106 valence electrons. The van der Waals surface area contributed by atoms with Crippen molar-refractivity contribution in [3.8, 4) is 6.07 Å². The third kappa shape index (κ3) is 2.65. The summed E-state index contributed by atoms with van der Waals surface area (Å²) in [5.74, 6) is 0. The van der Waals surface area contributed by atoms with E-state index in [2.05, 4.69) is 16.3 Å². The molecule has 0 aromatic heterocycles. The van der Waals surface area contributed by atoms with Gasteiger partial charge < -0.3 is 10.4 Å². The van der Waals surface area contributed by atoms with Crippen LogP contribution in [0.15, 0.2) is 0 Å². The number of β-amino-alcohol motifs (C(OH)–C–C–N with tert-alkyl or cyclic N) is 1. The molecule has 0 aromatic rings. The van der Waals surface area contributed by atoms with E-state index in [-0.39, 0.29) is 11.5 Å². The van der Waals surface area contributed by atoms with Gasteiger partial charge in [-0.1, -0.05) is 12.8 Å². The standard InChI is InChI=1S/C15H25N3O/c16-10-15(6-2-7-15)11-17-13-3-1-4-14(13)18-8-5-12(19)9-18/h12-14,17,19H,1-9,11H2/t12?,13-,14+/m1/s1. The third-order valence-electron chi connectivity index (χ3n) is 5.39. The highest BCUT2D eigenvalue weighted by Crippen LogP contribution is 2.40. The summed E-state index contributed by atoms with van der Waals surface area (Å²) in [6.45, 7) is 2.74. The fraction of sp³-hybridized carbons (Fsp3) is 0.933. The van der Waals surface area contributed by atoms with Crippen molar-refractivity contribution in [1.82, 2.24) is 10.2 Å². The average Bonchev–Trinajstić information content (AvgIpc) is 2.96. The second-order valence-electron chi connectivity index (χ2n) is 6.67. The van der Waals surface area contributed by atoms with Crippen molar-refractivity contribution in [2.45, 2.75) is 63.1 Å². The number of aliphatic hydroxyl groups is 1. The highest BCUT2D eigenvalue weighted by molar-refractivity contribution is 5.07. The monoisotopic (exact) mass is 263 g/mol. The SMILES string of the molecule is N#CC1(CN[C@@H]2CCC[C@@H]2N2CCC(O)C2)CCC1. The first kappa shape index (κ1) is 13.4. The van der Waals surface area contributed by atoms with Crippen molar-refractivity contribution in [3.05, 3.63) is 0 Å². The Morgan fingerprint density at radius 2 is 2.11 bits per heavy atom. The topological polar surface area (TPSA) is 59.3 Å². The maximum Gasteiger partial charge on any atom is 0.0703 e. The van der Waals surface area contributed by atoms with Gasteiger partial charge in [0.25, 0.3) is 0 Å². The van der Waals surface area contributed by atoms with E-state index in [1.165, 1.54) is 25.7 Å². The fourth-order valence-corrected chi connectivity index (χ4v) is 3.94. The second-order valence-corrected chi connectivity index (χ2v) is 6.67. The van der Waals surface area contributed by atoms with Crippen molar-refractivity contribution in [2.75, 3.05) is 19.6 Å². The van der Waals surface area contributed by atoms with E-state index < -0.39 is 0 Å². The molecule has 1 saturated heterocycles. The molecule has 3 fully saturated rings. The lowest BCUT2D eigenvalue weighted by molar-refractivity contribution is 0.140. The maximum absolute atomic E-state index is 9.69. The molecular weight excluding hydrogens is 238 g/mol. The van der Waals surface area contributed by atoms with E-state index in [0.717, 1.165) is 38.9 Å². The van der Waals surface area contributed by atoms with Crippen LogP contribution in [0.1, 0.15) is 44.9 Å². The summed E-state index contributed by atoms with van der Waals surface area (Å²) in [4.78, 5) is 2.45. The van der Waals surface area contributed by atoms with Crippen molar-refractivity contribution in [1.29, 1.82) is 5.26 Å². The molecule has 0 spiro atoms. The molecule has 3 rings (SSSR count). The molecule has 2 saturated carbocycles. The first-order valence-corrected chi connectivity index (χ1v) is 7.79. The lowest BCUT2D eigenvalue weighted by atomic mass is 9.70. The van der Waals surface area contributed by atoms with Crippen LogP contribution in [0.25, 0.3) is 0 Å². The Bertz CT molecular complexity index is 361. The van der Waals surface area contributed by atoms with E-state index in [0.29, 0.717) is 12.1 Å². The van der Waals surface area contributed by atoms with Gasteiger partial charge in [-0.25, -0.2) is 0 Å². The molecule has 1 aliphatic heterocycles. The van der Waals surface area contributed by atoms with E-state index >= 15 is 0 Å². The number of nitriles is 1. The number of nitrogens with zero attached hydrogens (tertiary/aromatic N) is 2. The molecule has 2 N–H and O–H groups in total. The Kier molecular flexibility index (Phi) is 3.79. The summed E-state index contributed by atoms with van der Waals surface area (Å²) in [7, 11) is 0. The fourth-order valence-electron chi connectivity index (χ4n) is 3.94. The summed E-state index contributed by atoms with van der Waals surface area (Å²) in [6.07, 6.45) is 7.87. The lowest BCUT2D eigenvalue weighted by Crippen LogP contribution is -2.50. The Labute approximate surface area is 115 Å². The number of hydrogen-bond acceptors (Lipinski definition) is 4. The van der Waals surface area contributed by atoms with Crippen molar-refractivity contribution in [2.24, 2.45) is 5.41 Å². The van der Waals surface area contributed by atoms with Crippen LogP contribution in [-0.2, 0) is 0 Å². The summed E-state index contributed by atoms with van der Waals surface area (Å²) < 4.78 is 0. The number of likely N-dealkylation sites (tertiary alicyclic amines) is 1.